The number of hydrogen-bond donors (Lipinski definition) is 1. The third-order valence-electron chi connectivity index (χ3n) is 0.642. The summed E-state index contributed by atoms with van der Waals surface area (Å²) in [6.07, 6.45) is 0. The largest absolute Gasteiger partial charge is 0.481 e. The minimum Gasteiger partial charge on any atom is -0.481 e. The van der Waals surface area contributed by atoms with Crippen LogP contribution in [0, 0.1) is 5.41 Å². The Kier molecular flexibility index (Phi) is 9.43. The number of carboxylic acids is 1. The zero-order valence-corrected chi connectivity index (χ0v) is 8.36. The molecule has 51 valence electrons. The van der Waals surface area contributed by atoms with Gasteiger partial charge in [-0.15, -0.1) is 0 Å². The van der Waals surface area contributed by atoms with Crippen molar-refractivity contribution in [1.82, 2.24) is 0 Å². The summed E-state index contributed by atoms with van der Waals surface area (Å²) in [6.45, 7) is 4.99. The van der Waals surface area contributed by atoms with E-state index in [2.05, 4.69) is 0 Å². The van der Waals surface area contributed by atoms with Crippen LogP contribution in [0.4, 0.5) is 0 Å². The summed E-state index contributed by atoms with van der Waals surface area (Å²) in [6, 6.07) is 0. The van der Waals surface area contributed by atoms with E-state index in [9.17, 15) is 4.79 Å². The Balaban J connectivity index is -0.000000180. The normalized spacial score (nSPS) is 8.78. The summed E-state index contributed by atoms with van der Waals surface area (Å²) in [4.78, 5) is 10.0. The summed E-state index contributed by atoms with van der Waals surface area (Å²) in [5.41, 5.74) is -0.583. The molecule has 0 heterocycles. The number of carboxylic acid groups (broad SMARTS) is 1. The molecule has 0 unspecified atom stereocenters. The fourth-order valence-corrected chi connectivity index (χ4v) is 0. The summed E-state index contributed by atoms with van der Waals surface area (Å²) in [5.74, 6) is -0.757. The van der Waals surface area contributed by atoms with Gasteiger partial charge in [0.05, 0.1) is 5.41 Å². The fourth-order valence-electron chi connectivity index (χ4n) is 0. The van der Waals surface area contributed by atoms with Crippen molar-refractivity contribution in [1.29, 1.82) is 0 Å². The molecule has 0 aliphatic carbocycles. The van der Waals surface area contributed by atoms with Crippen LogP contribution in [0.3, 0.4) is 0 Å². The number of hydrogen-bond acceptors (Lipinski definition) is 1. The van der Waals surface area contributed by atoms with Gasteiger partial charge >= 0.3 is 5.97 Å². The predicted molar refractivity (Wildman–Crippen MR) is 36.5 cm³/mol. The Bertz CT molecular complexity index is 84.7. The second kappa shape index (κ2) is 5.23. The van der Waals surface area contributed by atoms with Crippen molar-refractivity contribution in [3.05, 3.63) is 0 Å². The summed E-state index contributed by atoms with van der Waals surface area (Å²) >= 11 is 0. The van der Waals surface area contributed by atoms with Gasteiger partial charge in [-0.2, -0.15) is 0 Å². The van der Waals surface area contributed by atoms with Crippen molar-refractivity contribution in [2.24, 2.45) is 5.41 Å². The first-order valence-corrected chi connectivity index (χ1v) is 2.18. The van der Waals surface area contributed by atoms with Crippen molar-refractivity contribution in [3.8, 4) is 0 Å². The molecule has 1 radical (unpaired) electrons. The van der Waals surface area contributed by atoms with Crippen molar-refractivity contribution >= 4 is 35.5 Å². The molecule has 0 atom stereocenters. The molecule has 9 heavy (non-hydrogen) atoms. The van der Waals surface area contributed by atoms with E-state index >= 15 is 0 Å². The molecule has 0 aromatic heterocycles. The van der Waals surface area contributed by atoms with Gasteiger partial charge in [0.15, 0.2) is 0 Å². The smallest absolute Gasteiger partial charge is 0.308 e. The SMILES string of the molecule is CC(C)(C)C(=O)O.O.[Na]. The third-order valence-corrected chi connectivity index (χ3v) is 0.642. The van der Waals surface area contributed by atoms with Gasteiger partial charge in [-0.1, -0.05) is 0 Å². The number of rotatable bonds is 0. The molecule has 0 saturated heterocycles. The molecule has 0 aromatic carbocycles. The van der Waals surface area contributed by atoms with Crippen LogP contribution < -0.4 is 0 Å². The van der Waals surface area contributed by atoms with E-state index in [-0.39, 0.29) is 35.0 Å². The quantitative estimate of drug-likeness (QED) is 0.481. The molecule has 3 N–H and O–H groups in total. The van der Waals surface area contributed by atoms with Crippen LogP contribution in [0.2, 0.25) is 0 Å². The van der Waals surface area contributed by atoms with E-state index < -0.39 is 11.4 Å². The zero-order chi connectivity index (χ0) is 6.08. The molecular formula is C5H12NaO3. The van der Waals surface area contributed by atoms with E-state index in [1.807, 2.05) is 0 Å². The van der Waals surface area contributed by atoms with Gasteiger partial charge in [-0.25, -0.2) is 0 Å². The molecular weight excluding hydrogens is 131 g/mol. The summed E-state index contributed by atoms with van der Waals surface area (Å²) < 4.78 is 0. The van der Waals surface area contributed by atoms with Gasteiger partial charge in [-0.05, 0) is 20.8 Å². The fraction of sp³-hybridized carbons (Fsp3) is 0.800. The average Bonchev–Trinajstić information content (AvgIpc) is 1.31. The second-order valence-corrected chi connectivity index (χ2v) is 2.56. The molecule has 0 saturated carbocycles. The van der Waals surface area contributed by atoms with Gasteiger partial charge < -0.3 is 10.6 Å². The van der Waals surface area contributed by atoms with E-state index in [4.69, 9.17) is 5.11 Å². The van der Waals surface area contributed by atoms with Gasteiger partial charge in [-0.3, -0.25) is 4.79 Å². The van der Waals surface area contributed by atoms with Crippen molar-refractivity contribution < 1.29 is 15.4 Å². The second-order valence-electron chi connectivity index (χ2n) is 2.56. The first kappa shape index (κ1) is 16.2. The molecule has 0 bridgehead atoms. The van der Waals surface area contributed by atoms with Gasteiger partial charge in [0.2, 0.25) is 0 Å². The molecule has 4 heteroatoms. The van der Waals surface area contributed by atoms with E-state index in [1.165, 1.54) is 0 Å². The van der Waals surface area contributed by atoms with Crippen LogP contribution in [-0.2, 0) is 4.79 Å². The standard InChI is InChI=1S/C5H10O2.Na.H2O/c1-5(2,3)4(6)7;;/h1-3H3,(H,6,7);;1H2. The Hall–Kier alpha value is 0.430. The Morgan fingerprint density at radius 1 is 1.33 bits per heavy atom. The van der Waals surface area contributed by atoms with E-state index in [0.29, 0.717) is 0 Å². The molecule has 3 nitrogen and oxygen atoms in total. The minimum atomic E-state index is -0.757. The van der Waals surface area contributed by atoms with Crippen LogP contribution in [0.5, 0.6) is 0 Å². The van der Waals surface area contributed by atoms with Crippen molar-refractivity contribution in [2.45, 2.75) is 20.8 Å². The van der Waals surface area contributed by atoms with Crippen LogP contribution in [-0.4, -0.2) is 46.1 Å². The maximum Gasteiger partial charge on any atom is 0.308 e. The Morgan fingerprint density at radius 3 is 1.44 bits per heavy atom. The maximum atomic E-state index is 10.0. The molecule has 0 aliphatic heterocycles. The van der Waals surface area contributed by atoms with Crippen molar-refractivity contribution in [2.75, 3.05) is 0 Å². The number of carbonyl (C=O) groups is 1. The Morgan fingerprint density at radius 2 is 1.44 bits per heavy atom. The first-order valence-electron chi connectivity index (χ1n) is 2.18. The maximum absolute atomic E-state index is 10.0. The summed E-state index contributed by atoms with van der Waals surface area (Å²) in [7, 11) is 0. The Labute approximate surface area is 77.0 Å². The van der Waals surface area contributed by atoms with E-state index in [1.54, 1.807) is 20.8 Å². The molecule has 0 amide bonds. The number of aliphatic carboxylic acids is 1. The van der Waals surface area contributed by atoms with Crippen LogP contribution in [0.1, 0.15) is 20.8 Å². The minimum absolute atomic E-state index is 0. The molecule has 0 rings (SSSR count). The predicted octanol–water partition coefficient (Wildman–Crippen LogP) is -0.0884. The zero-order valence-electron chi connectivity index (χ0n) is 6.36. The average molecular weight is 143 g/mol. The topological polar surface area (TPSA) is 68.8 Å². The molecule has 0 aromatic rings. The monoisotopic (exact) mass is 143 g/mol. The van der Waals surface area contributed by atoms with Gasteiger partial charge in [0.25, 0.3) is 0 Å². The van der Waals surface area contributed by atoms with Gasteiger partial charge in [0.1, 0.15) is 0 Å². The van der Waals surface area contributed by atoms with E-state index in [0.717, 1.165) is 0 Å². The van der Waals surface area contributed by atoms with Crippen LogP contribution >= 0.6 is 0 Å². The van der Waals surface area contributed by atoms with Crippen molar-refractivity contribution in [3.63, 3.8) is 0 Å². The third kappa shape index (κ3) is 8.43. The molecule has 0 fully saturated rings. The van der Waals surface area contributed by atoms with Crippen LogP contribution in [0.15, 0.2) is 0 Å². The first-order chi connectivity index (χ1) is 2.94. The van der Waals surface area contributed by atoms with Crippen LogP contribution in [0.25, 0.3) is 0 Å². The molecule has 0 spiro atoms. The van der Waals surface area contributed by atoms with Gasteiger partial charge in [0, 0.05) is 29.6 Å². The summed E-state index contributed by atoms with van der Waals surface area (Å²) in [5, 5.41) is 8.25. The molecule has 0 aliphatic rings.